The van der Waals surface area contributed by atoms with Gasteiger partial charge in [-0.2, -0.15) is 5.10 Å². The summed E-state index contributed by atoms with van der Waals surface area (Å²) in [6.45, 7) is 2.73. The molecule has 0 spiro atoms. The van der Waals surface area contributed by atoms with Crippen molar-refractivity contribution in [2.75, 3.05) is 0 Å². The number of carbonyl (C=O) groups is 1. The quantitative estimate of drug-likeness (QED) is 0.454. The SMILES string of the molecule is Cc1cnn(CCCc2ncccc2O)c(=O)c1CC(=O)NCc1cc(Cl)ccc1CN. The fourth-order valence-corrected chi connectivity index (χ4v) is 3.57. The summed E-state index contributed by atoms with van der Waals surface area (Å²) in [5.41, 5.74) is 8.84. The van der Waals surface area contributed by atoms with E-state index in [2.05, 4.69) is 15.4 Å². The van der Waals surface area contributed by atoms with E-state index in [0.29, 0.717) is 47.8 Å². The van der Waals surface area contributed by atoms with E-state index in [9.17, 15) is 14.7 Å². The highest BCUT2D eigenvalue weighted by Gasteiger charge is 2.14. The van der Waals surface area contributed by atoms with Crippen LogP contribution in [0.4, 0.5) is 0 Å². The van der Waals surface area contributed by atoms with E-state index >= 15 is 0 Å². The fraction of sp³-hybridized carbons (Fsp3) is 0.304. The van der Waals surface area contributed by atoms with Crippen molar-refractivity contribution in [3.8, 4) is 5.75 Å². The average Bonchev–Trinajstić information content (AvgIpc) is 2.78. The van der Waals surface area contributed by atoms with Crippen LogP contribution >= 0.6 is 11.6 Å². The van der Waals surface area contributed by atoms with Crippen molar-refractivity contribution in [2.24, 2.45) is 5.73 Å². The minimum Gasteiger partial charge on any atom is -0.506 e. The zero-order chi connectivity index (χ0) is 23.1. The van der Waals surface area contributed by atoms with Crippen LogP contribution in [-0.2, 0) is 37.3 Å². The van der Waals surface area contributed by atoms with Crippen LogP contribution in [0, 0.1) is 6.92 Å². The highest BCUT2D eigenvalue weighted by molar-refractivity contribution is 6.30. The number of aryl methyl sites for hydroxylation is 3. The Labute approximate surface area is 191 Å². The second kappa shape index (κ2) is 10.9. The van der Waals surface area contributed by atoms with Crippen LogP contribution in [0.2, 0.25) is 5.02 Å². The van der Waals surface area contributed by atoms with Crippen molar-refractivity contribution in [2.45, 2.75) is 45.8 Å². The Morgan fingerprint density at radius 3 is 2.84 bits per heavy atom. The van der Waals surface area contributed by atoms with Crippen molar-refractivity contribution in [3.63, 3.8) is 0 Å². The number of pyridine rings is 1. The molecule has 1 amide bonds. The Bertz CT molecular complexity index is 1160. The molecule has 0 aliphatic heterocycles. The third-order valence-electron chi connectivity index (χ3n) is 5.21. The maximum absolute atomic E-state index is 12.9. The van der Waals surface area contributed by atoms with Gasteiger partial charge in [0.05, 0.1) is 18.3 Å². The topological polar surface area (TPSA) is 123 Å². The molecule has 3 rings (SSSR count). The maximum Gasteiger partial charge on any atom is 0.270 e. The van der Waals surface area contributed by atoms with Crippen LogP contribution in [0.1, 0.15) is 34.4 Å². The molecule has 0 bridgehead atoms. The molecule has 0 aliphatic rings. The van der Waals surface area contributed by atoms with Gasteiger partial charge in [0.15, 0.2) is 0 Å². The first-order valence-electron chi connectivity index (χ1n) is 10.3. The standard InChI is InChI=1S/C23H26ClN5O3/c1-15-13-28-29(9-3-4-20-21(30)5-2-8-26-20)23(32)19(15)11-22(31)27-14-17-10-18(24)7-6-16(17)12-25/h2,5-8,10,13,30H,3-4,9,11-12,14,25H2,1H3,(H,27,31). The number of hydrogen-bond donors (Lipinski definition) is 3. The molecule has 1 aromatic carbocycles. The second-order valence-corrected chi connectivity index (χ2v) is 7.91. The molecule has 4 N–H and O–H groups in total. The molecule has 3 aromatic rings. The molecule has 0 unspecified atom stereocenters. The third-order valence-corrected chi connectivity index (χ3v) is 5.45. The lowest BCUT2D eigenvalue weighted by molar-refractivity contribution is -0.120. The molecule has 9 heteroatoms. The van der Waals surface area contributed by atoms with Crippen LogP contribution < -0.4 is 16.6 Å². The van der Waals surface area contributed by atoms with Crippen LogP contribution in [0.25, 0.3) is 0 Å². The van der Waals surface area contributed by atoms with E-state index in [-0.39, 0.29) is 30.2 Å². The van der Waals surface area contributed by atoms with Gasteiger partial charge in [-0.25, -0.2) is 4.68 Å². The van der Waals surface area contributed by atoms with Crippen LogP contribution in [0.15, 0.2) is 47.5 Å². The number of rotatable bonds is 9. The van der Waals surface area contributed by atoms with Crippen molar-refractivity contribution >= 4 is 17.5 Å². The molecule has 2 heterocycles. The van der Waals surface area contributed by atoms with Crippen molar-refractivity contribution in [3.05, 3.63) is 86.0 Å². The third kappa shape index (κ3) is 5.93. The van der Waals surface area contributed by atoms with Gasteiger partial charge < -0.3 is 16.2 Å². The van der Waals surface area contributed by atoms with Gasteiger partial charge in [-0.05, 0) is 60.7 Å². The Hall–Kier alpha value is -3.23. The van der Waals surface area contributed by atoms with E-state index in [1.165, 1.54) is 4.68 Å². The minimum absolute atomic E-state index is 0.0489. The molecule has 0 atom stereocenters. The summed E-state index contributed by atoms with van der Waals surface area (Å²) in [6.07, 6.45) is 4.23. The molecular formula is C23H26ClN5O3. The van der Waals surface area contributed by atoms with Gasteiger partial charge in [0.25, 0.3) is 5.56 Å². The molecule has 0 saturated heterocycles. The highest BCUT2D eigenvalue weighted by atomic mass is 35.5. The maximum atomic E-state index is 12.9. The van der Waals surface area contributed by atoms with Crippen LogP contribution in [0.5, 0.6) is 5.75 Å². The smallest absolute Gasteiger partial charge is 0.270 e. The number of nitrogens with two attached hydrogens (primary N) is 1. The summed E-state index contributed by atoms with van der Waals surface area (Å²) in [4.78, 5) is 29.6. The average molecular weight is 456 g/mol. The Morgan fingerprint density at radius 1 is 1.28 bits per heavy atom. The van der Waals surface area contributed by atoms with Crippen molar-refractivity contribution < 1.29 is 9.90 Å². The number of hydrogen-bond acceptors (Lipinski definition) is 6. The lowest BCUT2D eigenvalue weighted by Gasteiger charge is -2.12. The monoisotopic (exact) mass is 455 g/mol. The van der Waals surface area contributed by atoms with E-state index < -0.39 is 0 Å². The normalized spacial score (nSPS) is 10.8. The molecule has 8 nitrogen and oxygen atoms in total. The molecule has 0 aliphatic carbocycles. The number of aromatic nitrogens is 3. The zero-order valence-electron chi connectivity index (χ0n) is 17.8. The predicted octanol–water partition coefficient (Wildman–Crippen LogP) is 2.26. The molecule has 168 valence electrons. The first-order valence-corrected chi connectivity index (χ1v) is 10.7. The van der Waals surface area contributed by atoms with E-state index in [4.69, 9.17) is 17.3 Å². The summed E-state index contributed by atoms with van der Waals surface area (Å²) < 4.78 is 1.35. The van der Waals surface area contributed by atoms with Gasteiger partial charge in [0.1, 0.15) is 5.75 Å². The first-order chi connectivity index (χ1) is 15.4. The summed E-state index contributed by atoms with van der Waals surface area (Å²) in [6, 6.07) is 8.60. The zero-order valence-corrected chi connectivity index (χ0v) is 18.6. The van der Waals surface area contributed by atoms with Crippen molar-refractivity contribution in [1.82, 2.24) is 20.1 Å². The minimum atomic E-state index is -0.296. The lowest BCUT2D eigenvalue weighted by Crippen LogP contribution is -2.32. The Morgan fingerprint density at radius 2 is 2.09 bits per heavy atom. The van der Waals surface area contributed by atoms with E-state index in [0.717, 1.165) is 11.1 Å². The summed E-state index contributed by atoms with van der Waals surface area (Å²) >= 11 is 6.04. The van der Waals surface area contributed by atoms with Crippen LogP contribution in [-0.4, -0.2) is 25.8 Å². The number of carbonyl (C=O) groups excluding carboxylic acids is 1. The number of nitrogens with one attached hydrogen (secondary N) is 1. The molecule has 0 radical (unpaired) electrons. The van der Waals surface area contributed by atoms with E-state index in [1.54, 1.807) is 43.6 Å². The molecule has 2 aromatic heterocycles. The molecule has 0 saturated carbocycles. The number of aromatic hydroxyl groups is 1. The molecule has 0 fully saturated rings. The van der Waals surface area contributed by atoms with Gasteiger partial charge in [-0.3, -0.25) is 14.6 Å². The van der Waals surface area contributed by atoms with Gasteiger partial charge in [-0.15, -0.1) is 0 Å². The van der Waals surface area contributed by atoms with Gasteiger partial charge >= 0.3 is 0 Å². The lowest BCUT2D eigenvalue weighted by atomic mass is 10.1. The largest absolute Gasteiger partial charge is 0.506 e. The highest BCUT2D eigenvalue weighted by Crippen LogP contribution is 2.16. The van der Waals surface area contributed by atoms with Crippen LogP contribution in [0.3, 0.4) is 0 Å². The number of halogens is 1. The van der Waals surface area contributed by atoms with Gasteiger partial charge in [-0.1, -0.05) is 17.7 Å². The predicted molar refractivity (Wildman–Crippen MR) is 122 cm³/mol. The molecule has 32 heavy (non-hydrogen) atoms. The van der Waals surface area contributed by atoms with Gasteiger partial charge in [0, 0.05) is 36.4 Å². The fourth-order valence-electron chi connectivity index (χ4n) is 3.38. The summed E-state index contributed by atoms with van der Waals surface area (Å²) in [7, 11) is 0. The first kappa shape index (κ1) is 23.4. The van der Waals surface area contributed by atoms with E-state index in [1.807, 2.05) is 6.07 Å². The summed E-state index contributed by atoms with van der Waals surface area (Å²) in [5, 5.41) is 17.4. The second-order valence-electron chi connectivity index (χ2n) is 7.48. The number of amides is 1. The van der Waals surface area contributed by atoms with Gasteiger partial charge in [0.2, 0.25) is 5.91 Å². The molecular weight excluding hydrogens is 430 g/mol. The Kier molecular flexibility index (Phi) is 7.97. The Balaban J connectivity index is 1.64. The van der Waals surface area contributed by atoms with Crippen molar-refractivity contribution in [1.29, 1.82) is 0 Å². The number of benzene rings is 1. The number of nitrogens with zero attached hydrogens (tertiary/aromatic N) is 3. The summed E-state index contributed by atoms with van der Waals surface area (Å²) in [5.74, 6) is -0.143.